The first-order valence-electron chi connectivity index (χ1n) is 6.72. The van der Waals surface area contributed by atoms with Gasteiger partial charge in [-0.1, -0.05) is 6.92 Å². The lowest BCUT2D eigenvalue weighted by atomic mass is 10.2. The van der Waals surface area contributed by atoms with Crippen molar-refractivity contribution in [3.63, 3.8) is 0 Å². The molecule has 1 unspecified atom stereocenters. The molecule has 0 fully saturated rings. The first-order chi connectivity index (χ1) is 10.4. The van der Waals surface area contributed by atoms with Gasteiger partial charge in [-0.2, -0.15) is 0 Å². The monoisotopic (exact) mass is 313 g/mol. The van der Waals surface area contributed by atoms with Crippen molar-refractivity contribution in [2.75, 3.05) is 20.6 Å². The predicted molar refractivity (Wildman–Crippen MR) is 80.2 cm³/mol. The van der Waals surface area contributed by atoms with E-state index >= 15 is 0 Å². The van der Waals surface area contributed by atoms with Crippen molar-refractivity contribution in [1.29, 1.82) is 0 Å². The van der Waals surface area contributed by atoms with E-state index in [1.54, 1.807) is 26.6 Å². The summed E-state index contributed by atoms with van der Waals surface area (Å²) in [6, 6.07) is -0.254. The zero-order valence-corrected chi connectivity index (χ0v) is 13.0. The summed E-state index contributed by atoms with van der Waals surface area (Å²) >= 11 is 0. The molecule has 9 heteroatoms. The summed E-state index contributed by atoms with van der Waals surface area (Å²) in [4.78, 5) is 36.7. The quantitative estimate of drug-likeness (QED) is 0.626. The van der Waals surface area contributed by atoms with Crippen molar-refractivity contribution in [2.45, 2.75) is 25.9 Å². The smallest absolute Gasteiger partial charge is 0.317 e. The molecular formula is C13H23N5O4. The molecule has 9 nitrogen and oxygen atoms in total. The molecule has 0 aromatic carbocycles. The lowest BCUT2D eigenvalue weighted by molar-refractivity contribution is -0.123. The highest BCUT2D eigenvalue weighted by atomic mass is 16.3. The maximum Gasteiger partial charge on any atom is 0.317 e. The van der Waals surface area contributed by atoms with E-state index in [1.165, 1.54) is 4.90 Å². The number of carbonyl (C=O) groups excluding carboxylic acids is 2. The van der Waals surface area contributed by atoms with Gasteiger partial charge < -0.3 is 25.2 Å². The van der Waals surface area contributed by atoms with E-state index in [0.29, 0.717) is 6.54 Å². The Morgan fingerprint density at radius 3 is 2.55 bits per heavy atom. The third kappa shape index (κ3) is 8.56. The second-order valence-electron chi connectivity index (χ2n) is 4.59. The molecule has 22 heavy (non-hydrogen) atoms. The van der Waals surface area contributed by atoms with Gasteiger partial charge in [0.05, 0.1) is 12.9 Å². The normalized spacial score (nSPS) is 10.7. The number of rotatable bonds is 6. The van der Waals surface area contributed by atoms with Gasteiger partial charge in [0, 0.05) is 39.1 Å². The maximum atomic E-state index is 11.7. The second-order valence-corrected chi connectivity index (χ2v) is 4.59. The number of nitrogens with one attached hydrogen (secondary N) is 2. The average Bonchev–Trinajstić information content (AvgIpc) is 2.97. The Bertz CT molecular complexity index is 447. The lowest BCUT2D eigenvalue weighted by Crippen LogP contribution is -2.45. The number of aromatic nitrogens is 2. The number of carbonyl (C=O) groups is 3. The highest BCUT2D eigenvalue weighted by Crippen LogP contribution is 1.96. The fourth-order valence-corrected chi connectivity index (χ4v) is 1.52. The molecule has 0 saturated carbocycles. The molecule has 0 bridgehead atoms. The fourth-order valence-electron chi connectivity index (χ4n) is 1.52. The van der Waals surface area contributed by atoms with Crippen molar-refractivity contribution in [1.82, 2.24) is 25.1 Å². The molecule has 1 heterocycles. The van der Waals surface area contributed by atoms with Crippen LogP contribution in [0.1, 0.15) is 13.3 Å². The highest BCUT2D eigenvalue weighted by Gasteiger charge is 2.12. The minimum atomic E-state index is -0.280. The molecule has 1 aromatic rings. The van der Waals surface area contributed by atoms with Crippen LogP contribution in [0, 0.1) is 0 Å². The number of urea groups is 1. The van der Waals surface area contributed by atoms with E-state index in [9.17, 15) is 9.59 Å². The van der Waals surface area contributed by atoms with E-state index in [2.05, 4.69) is 15.6 Å². The first kappa shape index (κ1) is 19.4. The van der Waals surface area contributed by atoms with E-state index in [1.807, 2.05) is 17.7 Å². The molecule has 0 spiro atoms. The van der Waals surface area contributed by atoms with Crippen LogP contribution in [0.2, 0.25) is 0 Å². The Morgan fingerprint density at radius 1 is 1.45 bits per heavy atom. The molecule has 1 rings (SSSR count). The molecule has 3 amide bonds. The van der Waals surface area contributed by atoms with Gasteiger partial charge in [0.1, 0.15) is 0 Å². The molecule has 0 aliphatic rings. The Morgan fingerprint density at radius 2 is 2.09 bits per heavy atom. The molecule has 0 radical (unpaired) electrons. The van der Waals surface area contributed by atoms with Crippen LogP contribution in [0.15, 0.2) is 18.7 Å². The Hall–Kier alpha value is -2.58. The van der Waals surface area contributed by atoms with E-state index < -0.39 is 0 Å². The van der Waals surface area contributed by atoms with Crippen LogP contribution in [0.3, 0.4) is 0 Å². The van der Waals surface area contributed by atoms with Gasteiger partial charge in [-0.15, -0.1) is 0 Å². The van der Waals surface area contributed by atoms with Crippen LogP contribution in [0.25, 0.3) is 0 Å². The van der Waals surface area contributed by atoms with Crippen molar-refractivity contribution in [3.05, 3.63) is 18.7 Å². The van der Waals surface area contributed by atoms with Crippen molar-refractivity contribution < 1.29 is 19.5 Å². The minimum Gasteiger partial charge on any atom is -0.483 e. The summed E-state index contributed by atoms with van der Waals surface area (Å²) < 4.78 is 1.91. The van der Waals surface area contributed by atoms with Crippen LogP contribution in [-0.2, 0) is 16.1 Å². The maximum absolute atomic E-state index is 11.7. The summed E-state index contributed by atoms with van der Waals surface area (Å²) in [5.41, 5.74) is 0. The molecule has 1 aromatic heterocycles. The summed E-state index contributed by atoms with van der Waals surface area (Å²) in [6.07, 6.45) is 6.07. The van der Waals surface area contributed by atoms with E-state index in [-0.39, 0.29) is 31.0 Å². The number of imidazole rings is 1. The van der Waals surface area contributed by atoms with Crippen molar-refractivity contribution >= 4 is 18.4 Å². The summed E-state index contributed by atoms with van der Waals surface area (Å²) in [6.45, 7) is 2.40. The average molecular weight is 313 g/mol. The van der Waals surface area contributed by atoms with Crippen LogP contribution in [0.5, 0.6) is 0 Å². The van der Waals surface area contributed by atoms with Gasteiger partial charge in [0.2, 0.25) is 5.91 Å². The molecule has 0 aliphatic heterocycles. The first-order valence-corrected chi connectivity index (χ1v) is 6.72. The largest absolute Gasteiger partial charge is 0.483 e. The summed E-state index contributed by atoms with van der Waals surface area (Å²) in [7, 11) is 3.25. The van der Waals surface area contributed by atoms with E-state index in [0.717, 1.165) is 6.42 Å². The predicted octanol–water partition coefficient (Wildman–Crippen LogP) is -0.250. The van der Waals surface area contributed by atoms with Crippen molar-refractivity contribution in [3.8, 4) is 0 Å². The van der Waals surface area contributed by atoms with Crippen LogP contribution >= 0.6 is 0 Å². The number of carboxylic acid groups (broad SMARTS) is 1. The Balaban J connectivity index is 0.00000135. The Kier molecular flexibility index (Phi) is 9.82. The highest BCUT2D eigenvalue weighted by molar-refractivity contribution is 5.83. The van der Waals surface area contributed by atoms with Gasteiger partial charge in [0.15, 0.2) is 0 Å². The fraction of sp³-hybridized carbons (Fsp3) is 0.538. The number of nitrogens with zero attached hydrogens (tertiary/aromatic N) is 3. The molecular weight excluding hydrogens is 290 g/mol. The van der Waals surface area contributed by atoms with Crippen LogP contribution < -0.4 is 10.6 Å². The molecule has 1 atom stereocenters. The van der Waals surface area contributed by atoms with Gasteiger partial charge in [-0.05, 0) is 6.42 Å². The number of amides is 3. The standard InChI is InChI=1S/C12H21N5O2.CH2O2/c1-4-10(8-17-6-5-13-9-17)15-11(18)7-14-12(19)16(2)3;2-1-3/h5-6,9-10H,4,7-8H2,1-3H3,(H,14,19)(H,15,18);1H,(H,2,3). The van der Waals surface area contributed by atoms with Gasteiger partial charge in [0.25, 0.3) is 6.47 Å². The molecule has 0 aliphatic carbocycles. The lowest BCUT2D eigenvalue weighted by Gasteiger charge is -2.18. The van der Waals surface area contributed by atoms with Crippen LogP contribution in [0.4, 0.5) is 4.79 Å². The van der Waals surface area contributed by atoms with Gasteiger partial charge in [-0.25, -0.2) is 9.78 Å². The Labute approximate surface area is 129 Å². The van der Waals surface area contributed by atoms with Gasteiger partial charge >= 0.3 is 6.03 Å². The third-order valence-electron chi connectivity index (χ3n) is 2.65. The number of hydrogen-bond acceptors (Lipinski definition) is 4. The minimum absolute atomic E-state index is 0.0164. The van der Waals surface area contributed by atoms with Crippen molar-refractivity contribution in [2.24, 2.45) is 0 Å². The topological polar surface area (TPSA) is 117 Å². The zero-order chi connectivity index (χ0) is 17.0. The summed E-state index contributed by atoms with van der Waals surface area (Å²) in [5.74, 6) is -0.192. The van der Waals surface area contributed by atoms with Gasteiger partial charge in [-0.3, -0.25) is 9.59 Å². The third-order valence-corrected chi connectivity index (χ3v) is 2.65. The molecule has 0 saturated heterocycles. The zero-order valence-electron chi connectivity index (χ0n) is 13.0. The summed E-state index contributed by atoms with van der Waals surface area (Å²) in [5, 5.41) is 12.3. The second kappa shape index (κ2) is 11.1. The molecule has 3 N–H and O–H groups in total. The molecule has 124 valence electrons. The van der Waals surface area contributed by atoms with Crippen LogP contribution in [-0.4, -0.2) is 64.6 Å². The van der Waals surface area contributed by atoms with E-state index in [4.69, 9.17) is 9.90 Å². The SMILES string of the molecule is CCC(Cn1ccnc1)NC(=O)CNC(=O)N(C)C.O=CO. The number of hydrogen-bond donors (Lipinski definition) is 3.